The van der Waals surface area contributed by atoms with Gasteiger partial charge in [0.05, 0.1) is 33.5 Å². The number of fused-ring (bicyclic) bond motifs is 1. The Labute approximate surface area is 187 Å². The summed E-state index contributed by atoms with van der Waals surface area (Å²) in [5.41, 5.74) is 2.06. The second kappa shape index (κ2) is 8.53. The summed E-state index contributed by atoms with van der Waals surface area (Å²) in [4.78, 5) is 31.2. The molecule has 1 atom stereocenters. The number of phenols is 1. The molecule has 0 saturated heterocycles. The molecule has 1 N–H and O–H groups in total. The van der Waals surface area contributed by atoms with Crippen molar-refractivity contribution in [3.63, 3.8) is 0 Å². The minimum absolute atomic E-state index is 0.0287. The molecule has 6 nitrogen and oxygen atoms in total. The molecule has 2 aromatic carbocycles. The first-order chi connectivity index (χ1) is 14.9. The summed E-state index contributed by atoms with van der Waals surface area (Å²) in [5, 5.41) is 9.84. The monoisotopic (exact) mass is 454 g/mol. The smallest absolute Gasteiger partial charge is 0.338 e. The molecule has 0 radical (unpaired) electrons. The third-order valence-corrected chi connectivity index (χ3v) is 6.19. The van der Waals surface area contributed by atoms with Crippen LogP contribution in [0.4, 0.5) is 0 Å². The Morgan fingerprint density at radius 1 is 1.29 bits per heavy atom. The lowest BCUT2D eigenvalue weighted by Gasteiger charge is -2.24. The molecule has 0 spiro atoms. The number of hydrogen-bond donors (Lipinski definition) is 1. The van der Waals surface area contributed by atoms with Crippen LogP contribution in [0.2, 0.25) is 5.02 Å². The van der Waals surface area contributed by atoms with Crippen molar-refractivity contribution in [3.05, 3.63) is 95.6 Å². The Bertz CT molecular complexity index is 1370. The van der Waals surface area contributed by atoms with Crippen molar-refractivity contribution in [2.45, 2.75) is 19.9 Å². The molecule has 8 heteroatoms. The van der Waals surface area contributed by atoms with Gasteiger partial charge in [0.2, 0.25) is 0 Å². The number of carbonyl (C=O) groups excluding carboxylic acids is 1. The van der Waals surface area contributed by atoms with Gasteiger partial charge in [0.25, 0.3) is 5.56 Å². The summed E-state index contributed by atoms with van der Waals surface area (Å²) in [6.45, 7) is 3.71. The molecule has 3 aromatic rings. The van der Waals surface area contributed by atoms with Crippen molar-refractivity contribution < 1.29 is 14.6 Å². The van der Waals surface area contributed by atoms with Gasteiger partial charge in [-0.2, -0.15) is 0 Å². The summed E-state index contributed by atoms with van der Waals surface area (Å²) in [6, 6.07) is 13.4. The van der Waals surface area contributed by atoms with Crippen LogP contribution in [0.1, 0.15) is 31.0 Å². The zero-order chi connectivity index (χ0) is 22.1. The van der Waals surface area contributed by atoms with Gasteiger partial charge in [-0.25, -0.2) is 9.79 Å². The van der Waals surface area contributed by atoms with Crippen molar-refractivity contribution in [2.75, 3.05) is 6.61 Å². The largest absolute Gasteiger partial charge is 0.506 e. The SMILES string of the molecule is CCOC(=O)C1=C(C)N=c2s/c(=C/c3ccc(O)c(Cl)c3)c(=O)n2C1c1ccccc1. The maximum Gasteiger partial charge on any atom is 0.338 e. The normalized spacial score (nSPS) is 16.1. The van der Waals surface area contributed by atoms with Gasteiger partial charge in [0.15, 0.2) is 4.80 Å². The van der Waals surface area contributed by atoms with E-state index >= 15 is 0 Å². The highest BCUT2D eigenvalue weighted by Gasteiger charge is 2.33. The third kappa shape index (κ3) is 3.94. The summed E-state index contributed by atoms with van der Waals surface area (Å²) >= 11 is 7.23. The van der Waals surface area contributed by atoms with E-state index in [2.05, 4.69) is 4.99 Å². The Morgan fingerprint density at radius 2 is 2.03 bits per heavy atom. The lowest BCUT2D eigenvalue weighted by atomic mass is 9.96. The van der Waals surface area contributed by atoms with Gasteiger partial charge in [-0.3, -0.25) is 9.36 Å². The maximum absolute atomic E-state index is 13.4. The van der Waals surface area contributed by atoms with Crippen LogP contribution in [-0.4, -0.2) is 22.2 Å². The molecule has 0 fully saturated rings. The molecule has 31 heavy (non-hydrogen) atoms. The van der Waals surface area contributed by atoms with Crippen molar-refractivity contribution in [1.82, 2.24) is 4.57 Å². The zero-order valence-corrected chi connectivity index (χ0v) is 18.4. The van der Waals surface area contributed by atoms with Gasteiger partial charge < -0.3 is 9.84 Å². The van der Waals surface area contributed by atoms with E-state index in [1.807, 2.05) is 30.3 Å². The Balaban J connectivity index is 1.95. The number of phenolic OH excluding ortho intramolecular Hbond substituents is 1. The number of halogens is 1. The Morgan fingerprint density at radius 3 is 2.71 bits per heavy atom. The molecule has 4 rings (SSSR count). The van der Waals surface area contributed by atoms with E-state index in [4.69, 9.17) is 16.3 Å². The van der Waals surface area contributed by atoms with Crippen LogP contribution >= 0.6 is 22.9 Å². The molecule has 0 bridgehead atoms. The van der Waals surface area contributed by atoms with E-state index in [1.165, 1.54) is 22.0 Å². The van der Waals surface area contributed by atoms with Gasteiger partial charge in [-0.05, 0) is 43.2 Å². The summed E-state index contributed by atoms with van der Waals surface area (Å²) in [6.07, 6.45) is 1.70. The fourth-order valence-electron chi connectivity index (χ4n) is 3.51. The van der Waals surface area contributed by atoms with Crippen LogP contribution in [0.25, 0.3) is 6.08 Å². The van der Waals surface area contributed by atoms with Gasteiger partial charge in [-0.15, -0.1) is 0 Å². The maximum atomic E-state index is 13.4. The average Bonchev–Trinajstić information content (AvgIpc) is 3.05. The number of aromatic nitrogens is 1. The third-order valence-electron chi connectivity index (χ3n) is 4.90. The van der Waals surface area contributed by atoms with Crippen LogP contribution in [-0.2, 0) is 9.53 Å². The fourth-order valence-corrected chi connectivity index (χ4v) is 4.74. The standard InChI is InChI=1S/C23H19ClN2O4S/c1-3-30-22(29)19-13(2)25-23-26(20(19)15-7-5-4-6-8-15)21(28)18(31-23)12-14-9-10-17(27)16(24)11-14/h4-12,20,27H,3H2,1-2H3/b18-12+. The van der Waals surface area contributed by atoms with Gasteiger partial charge >= 0.3 is 5.97 Å². The summed E-state index contributed by atoms with van der Waals surface area (Å²) < 4.78 is 7.25. The highest BCUT2D eigenvalue weighted by atomic mass is 35.5. The van der Waals surface area contributed by atoms with E-state index in [-0.39, 0.29) is 22.9 Å². The van der Waals surface area contributed by atoms with Gasteiger partial charge in [0, 0.05) is 0 Å². The van der Waals surface area contributed by atoms with E-state index in [9.17, 15) is 14.7 Å². The van der Waals surface area contributed by atoms with Crippen molar-refractivity contribution in [3.8, 4) is 5.75 Å². The predicted octanol–water partition coefficient (Wildman–Crippen LogP) is 3.16. The minimum atomic E-state index is -0.637. The first-order valence-corrected chi connectivity index (χ1v) is 10.8. The van der Waals surface area contributed by atoms with Gasteiger partial charge in [0.1, 0.15) is 5.75 Å². The zero-order valence-electron chi connectivity index (χ0n) is 16.8. The quantitative estimate of drug-likeness (QED) is 0.614. The molecule has 0 saturated carbocycles. The Hall–Kier alpha value is -3.16. The number of allylic oxidation sites excluding steroid dienone is 1. The van der Waals surface area contributed by atoms with E-state index in [0.717, 1.165) is 5.56 Å². The van der Waals surface area contributed by atoms with Crippen LogP contribution in [0.5, 0.6) is 5.75 Å². The molecule has 0 amide bonds. The fraction of sp³-hybridized carbons (Fsp3) is 0.174. The highest BCUT2D eigenvalue weighted by molar-refractivity contribution is 7.07. The van der Waals surface area contributed by atoms with E-state index in [0.29, 0.717) is 26.2 Å². The predicted molar refractivity (Wildman–Crippen MR) is 120 cm³/mol. The molecule has 1 aliphatic rings. The number of hydrogen-bond acceptors (Lipinski definition) is 6. The lowest BCUT2D eigenvalue weighted by molar-refractivity contribution is -0.139. The van der Waals surface area contributed by atoms with Crippen molar-refractivity contribution in [1.29, 1.82) is 0 Å². The van der Waals surface area contributed by atoms with Crippen LogP contribution in [0.15, 0.2) is 69.6 Å². The molecule has 1 aliphatic heterocycles. The molecule has 1 aromatic heterocycles. The number of rotatable bonds is 4. The van der Waals surface area contributed by atoms with E-state index in [1.54, 1.807) is 32.1 Å². The second-order valence-corrected chi connectivity index (χ2v) is 8.34. The van der Waals surface area contributed by atoms with Crippen molar-refractivity contribution in [2.24, 2.45) is 4.99 Å². The topological polar surface area (TPSA) is 80.9 Å². The number of ether oxygens (including phenoxy) is 1. The molecular formula is C23H19ClN2O4S. The second-order valence-electron chi connectivity index (χ2n) is 6.92. The Kier molecular flexibility index (Phi) is 5.80. The van der Waals surface area contributed by atoms with Gasteiger partial charge in [-0.1, -0.05) is 59.3 Å². The van der Waals surface area contributed by atoms with Crippen LogP contribution in [0, 0.1) is 0 Å². The van der Waals surface area contributed by atoms with E-state index < -0.39 is 12.0 Å². The lowest BCUT2D eigenvalue weighted by Crippen LogP contribution is -2.39. The number of aromatic hydroxyl groups is 1. The summed E-state index contributed by atoms with van der Waals surface area (Å²) in [7, 11) is 0. The minimum Gasteiger partial charge on any atom is -0.506 e. The highest BCUT2D eigenvalue weighted by Crippen LogP contribution is 2.30. The summed E-state index contributed by atoms with van der Waals surface area (Å²) in [5.74, 6) is -0.517. The van der Waals surface area contributed by atoms with Crippen LogP contribution in [0.3, 0.4) is 0 Å². The first kappa shape index (κ1) is 21.1. The molecule has 0 aliphatic carbocycles. The average molecular weight is 455 g/mol. The first-order valence-electron chi connectivity index (χ1n) is 9.64. The van der Waals surface area contributed by atoms with Crippen molar-refractivity contribution >= 4 is 35.0 Å². The number of benzene rings is 2. The number of nitrogens with zero attached hydrogens (tertiary/aromatic N) is 2. The molecule has 2 heterocycles. The molecular weight excluding hydrogens is 436 g/mol. The molecule has 158 valence electrons. The van der Waals surface area contributed by atoms with Crippen LogP contribution < -0.4 is 14.9 Å². The number of thiazole rings is 1. The molecule has 1 unspecified atom stereocenters. The number of carbonyl (C=O) groups is 1. The number of esters is 1.